The van der Waals surface area contributed by atoms with Gasteiger partial charge in [-0.3, -0.25) is 19.8 Å². The number of carbonyl (C=O) groups excluding carboxylic acids is 1. The SMILES string of the molecule is COc1ccc(N2CCN([C@@H](C)C(=O)Nc3cc([N+](=O)[O-])ccc3Cl)CC2)cc1. The Labute approximate surface area is 174 Å². The number of nitrogens with zero attached hydrogens (tertiary/aromatic N) is 3. The number of benzene rings is 2. The fourth-order valence-corrected chi connectivity index (χ4v) is 3.45. The van der Waals surface area contributed by atoms with Crippen LogP contribution in [0.15, 0.2) is 42.5 Å². The number of nitro benzene ring substituents is 1. The van der Waals surface area contributed by atoms with Gasteiger partial charge in [0.05, 0.1) is 28.8 Å². The molecule has 1 aliphatic heterocycles. The van der Waals surface area contributed by atoms with Crippen molar-refractivity contribution in [2.24, 2.45) is 0 Å². The fourth-order valence-electron chi connectivity index (χ4n) is 3.29. The summed E-state index contributed by atoms with van der Waals surface area (Å²) in [5.74, 6) is 0.572. The van der Waals surface area contributed by atoms with E-state index in [0.29, 0.717) is 0 Å². The molecule has 1 saturated heterocycles. The minimum Gasteiger partial charge on any atom is -0.497 e. The fraction of sp³-hybridized carbons (Fsp3) is 0.350. The van der Waals surface area contributed by atoms with Gasteiger partial charge < -0.3 is 15.0 Å². The molecule has 0 aliphatic carbocycles. The van der Waals surface area contributed by atoms with E-state index in [1.165, 1.54) is 18.2 Å². The van der Waals surface area contributed by atoms with E-state index in [9.17, 15) is 14.9 Å². The Kier molecular flexibility index (Phi) is 6.56. The van der Waals surface area contributed by atoms with Crippen molar-refractivity contribution in [1.82, 2.24) is 4.90 Å². The third-order valence-electron chi connectivity index (χ3n) is 5.10. The quantitative estimate of drug-likeness (QED) is 0.571. The van der Waals surface area contributed by atoms with Gasteiger partial charge in [0.15, 0.2) is 0 Å². The van der Waals surface area contributed by atoms with Crippen LogP contribution in [-0.2, 0) is 4.79 Å². The summed E-state index contributed by atoms with van der Waals surface area (Å²) in [6.45, 7) is 4.86. The number of carbonyl (C=O) groups is 1. The van der Waals surface area contributed by atoms with Crippen LogP contribution >= 0.6 is 11.6 Å². The molecule has 2 aromatic carbocycles. The molecule has 1 aliphatic rings. The summed E-state index contributed by atoms with van der Waals surface area (Å²) in [7, 11) is 1.64. The number of piperazine rings is 1. The predicted molar refractivity (Wildman–Crippen MR) is 113 cm³/mol. The zero-order valence-corrected chi connectivity index (χ0v) is 17.1. The zero-order valence-electron chi connectivity index (χ0n) is 16.3. The lowest BCUT2D eigenvalue weighted by Gasteiger charge is -2.38. The lowest BCUT2D eigenvalue weighted by atomic mass is 10.2. The molecule has 1 amide bonds. The molecule has 9 heteroatoms. The van der Waals surface area contributed by atoms with Crippen LogP contribution in [0.5, 0.6) is 5.75 Å². The lowest BCUT2D eigenvalue weighted by Crippen LogP contribution is -2.52. The zero-order chi connectivity index (χ0) is 21.0. The summed E-state index contributed by atoms with van der Waals surface area (Å²) in [6, 6.07) is 11.5. The first-order chi connectivity index (χ1) is 13.9. The van der Waals surface area contributed by atoms with Crippen LogP contribution in [0.3, 0.4) is 0 Å². The molecule has 3 rings (SSSR count). The highest BCUT2D eigenvalue weighted by Crippen LogP contribution is 2.27. The smallest absolute Gasteiger partial charge is 0.271 e. The number of halogens is 1. The van der Waals surface area contributed by atoms with Gasteiger partial charge in [0.25, 0.3) is 5.69 Å². The van der Waals surface area contributed by atoms with E-state index >= 15 is 0 Å². The molecular weight excluding hydrogens is 396 g/mol. The molecule has 0 saturated carbocycles. The Bertz CT molecular complexity index is 883. The summed E-state index contributed by atoms with van der Waals surface area (Å²) in [4.78, 5) is 27.4. The van der Waals surface area contributed by atoms with Gasteiger partial charge in [0, 0.05) is 44.0 Å². The summed E-state index contributed by atoms with van der Waals surface area (Å²) >= 11 is 6.08. The van der Waals surface area contributed by atoms with Crippen molar-refractivity contribution in [2.75, 3.05) is 43.5 Å². The number of ether oxygens (including phenoxy) is 1. The van der Waals surface area contributed by atoms with Gasteiger partial charge in [-0.1, -0.05) is 11.6 Å². The largest absolute Gasteiger partial charge is 0.497 e. The number of nitrogens with one attached hydrogen (secondary N) is 1. The van der Waals surface area contributed by atoms with Crippen molar-refractivity contribution in [2.45, 2.75) is 13.0 Å². The molecule has 0 spiro atoms. The predicted octanol–water partition coefficient (Wildman–Crippen LogP) is 3.41. The van der Waals surface area contributed by atoms with E-state index < -0.39 is 4.92 Å². The molecule has 0 radical (unpaired) electrons. The second-order valence-corrected chi connectivity index (χ2v) is 7.21. The van der Waals surface area contributed by atoms with E-state index in [0.717, 1.165) is 37.6 Å². The average Bonchev–Trinajstić information content (AvgIpc) is 2.74. The maximum absolute atomic E-state index is 12.7. The molecular formula is C20H23ClN4O4. The van der Waals surface area contributed by atoms with Gasteiger partial charge in [0.1, 0.15) is 5.75 Å². The number of methoxy groups -OCH3 is 1. The molecule has 8 nitrogen and oxygen atoms in total. The van der Waals surface area contributed by atoms with Crippen molar-refractivity contribution in [1.29, 1.82) is 0 Å². The number of hydrogen-bond donors (Lipinski definition) is 1. The number of non-ortho nitro benzene ring substituents is 1. The summed E-state index contributed by atoms with van der Waals surface area (Å²) in [5.41, 5.74) is 1.24. The molecule has 0 unspecified atom stereocenters. The van der Waals surface area contributed by atoms with E-state index in [1.54, 1.807) is 7.11 Å². The summed E-state index contributed by atoms with van der Waals surface area (Å²) in [5, 5.41) is 13.9. The Hall–Kier alpha value is -2.84. The Morgan fingerprint density at radius 1 is 1.17 bits per heavy atom. The highest BCUT2D eigenvalue weighted by Gasteiger charge is 2.26. The number of hydrogen-bond acceptors (Lipinski definition) is 6. The molecule has 154 valence electrons. The maximum atomic E-state index is 12.7. The molecule has 1 N–H and O–H groups in total. The summed E-state index contributed by atoms with van der Waals surface area (Å²) in [6.07, 6.45) is 0. The molecule has 1 heterocycles. The minimum absolute atomic E-state index is 0.120. The van der Waals surface area contributed by atoms with Gasteiger partial charge in [-0.15, -0.1) is 0 Å². The molecule has 29 heavy (non-hydrogen) atoms. The van der Waals surface area contributed by atoms with Crippen molar-refractivity contribution < 1.29 is 14.5 Å². The molecule has 0 bridgehead atoms. The third-order valence-corrected chi connectivity index (χ3v) is 5.43. The Morgan fingerprint density at radius 2 is 1.83 bits per heavy atom. The number of anilines is 2. The van der Waals surface area contributed by atoms with Crippen LogP contribution in [0.1, 0.15) is 6.92 Å². The van der Waals surface area contributed by atoms with E-state index in [4.69, 9.17) is 16.3 Å². The van der Waals surface area contributed by atoms with Gasteiger partial charge in [-0.25, -0.2) is 0 Å². The molecule has 1 fully saturated rings. The van der Waals surface area contributed by atoms with Crippen LogP contribution in [0.2, 0.25) is 5.02 Å². The van der Waals surface area contributed by atoms with Crippen LogP contribution in [0.4, 0.5) is 17.1 Å². The maximum Gasteiger partial charge on any atom is 0.271 e. The number of amides is 1. The van der Waals surface area contributed by atoms with Crippen molar-refractivity contribution in [3.05, 3.63) is 57.6 Å². The van der Waals surface area contributed by atoms with E-state index in [2.05, 4.69) is 15.1 Å². The van der Waals surface area contributed by atoms with Gasteiger partial charge >= 0.3 is 0 Å². The second-order valence-electron chi connectivity index (χ2n) is 6.81. The second kappa shape index (κ2) is 9.11. The topological polar surface area (TPSA) is 88.0 Å². The lowest BCUT2D eigenvalue weighted by molar-refractivity contribution is -0.384. The van der Waals surface area contributed by atoms with Crippen LogP contribution in [-0.4, -0.2) is 55.1 Å². The normalized spacial score (nSPS) is 15.6. The van der Waals surface area contributed by atoms with Crippen molar-refractivity contribution in [3.8, 4) is 5.75 Å². The highest BCUT2D eigenvalue weighted by molar-refractivity contribution is 6.33. The molecule has 2 aromatic rings. The number of rotatable bonds is 6. The van der Waals surface area contributed by atoms with Crippen LogP contribution < -0.4 is 15.0 Å². The van der Waals surface area contributed by atoms with Gasteiger partial charge in [-0.2, -0.15) is 0 Å². The van der Waals surface area contributed by atoms with Crippen molar-refractivity contribution >= 4 is 34.6 Å². The standard InChI is InChI=1S/C20H23ClN4O4/c1-14(20(26)22-19-13-16(25(27)28)5-8-18(19)21)23-9-11-24(12-10-23)15-3-6-17(29-2)7-4-15/h3-8,13-14H,9-12H2,1-2H3,(H,22,26)/t14-/m0/s1. The highest BCUT2D eigenvalue weighted by atomic mass is 35.5. The van der Waals surface area contributed by atoms with Gasteiger partial charge in [0.2, 0.25) is 5.91 Å². The van der Waals surface area contributed by atoms with Crippen LogP contribution in [0, 0.1) is 10.1 Å². The summed E-state index contributed by atoms with van der Waals surface area (Å²) < 4.78 is 5.19. The van der Waals surface area contributed by atoms with Crippen molar-refractivity contribution in [3.63, 3.8) is 0 Å². The molecule has 1 atom stereocenters. The average molecular weight is 419 g/mol. The van der Waals surface area contributed by atoms with E-state index in [1.807, 2.05) is 31.2 Å². The first kappa shape index (κ1) is 20.9. The minimum atomic E-state index is -0.520. The Balaban J connectivity index is 1.58. The van der Waals surface area contributed by atoms with E-state index in [-0.39, 0.29) is 28.3 Å². The van der Waals surface area contributed by atoms with Gasteiger partial charge in [-0.05, 0) is 37.3 Å². The first-order valence-electron chi connectivity index (χ1n) is 9.27. The monoisotopic (exact) mass is 418 g/mol. The Morgan fingerprint density at radius 3 is 2.41 bits per heavy atom. The van der Waals surface area contributed by atoms with Crippen LogP contribution in [0.25, 0.3) is 0 Å². The first-order valence-corrected chi connectivity index (χ1v) is 9.64. The molecule has 0 aromatic heterocycles. The third kappa shape index (κ3) is 4.96. The number of nitro groups is 1.